The molecule has 0 aliphatic heterocycles. The van der Waals surface area contributed by atoms with E-state index in [0.717, 1.165) is 13.0 Å². The van der Waals surface area contributed by atoms with E-state index in [2.05, 4.69) is 18.8 Å². The van der Waals surface area contributed by atoms with E-state index in [1.54, 1.807) is 6.08 Å². The molecule has 3 nitrogen and oxygen atoms in total. The van der Waals surface area contributed by atoms with Crippen molar-refractivity contribution < 1.29 is 39.5 Å². The van der Waals surface area contributed by atoms with Crippen molar-refractivity contribution in [3.8, 4) is 0 Å². The van der Waals surface area contributed by atoms with Gasteiger partial charge in [0.05, 0.1) is 0 Å². The molecular weight excluding hydrogens is 285 g/mol. The van der Waals surface area contributed by atoms with Gasteiger partial charge in [0.25, 0.3) is 0 Å². The number of unbranched alkanes of at least 4 members (excludes halogenated alkanes) is 9. The van der Waals surface area contributed by atoms with Crippen molar-refractivity contribution in [3.05, 3.63) is 12.7 Å². The van der Waals surface area contributed by atoms with Crippen LogP contribution in [0.1, 0.15) is 77.6 Å². The minimum Gasteiger partial charge on any atom is -0.550 e. The van der Waals surface area contributed by atoms with Crippen LogP contribution in [0, 0.1) is 5.92 Å². The number of hydrogen-bond acceptors (Lipinski definition) is 3. The van der Waals surface area contributed by atoms with E-state index in [0.29, 0.717) is 13.0 Å². The van der Waals surface area contributed by atoms with Gasteiger partial charge in [-0.15, -0.1) is 6.58 Å². The molecule has 0 radical (unpaired) electrons. The summed E-state index contributed by atoms with van der Waals surface area (Å²) in [5.74, 6) is -1.42. The molecule has 1 N–H and O–H groups in total. The fourth-order valence-corrected chi connectivity index (χ4v) is 2.48. The van der Waals surface area contributed by atoms with Gasteiger partial charge in [0.2, 0.25) is 0 Å². The molecule has 0 amide bonds. The molecule has 124 valence electrons. The summed E-state index contributed by atoms with van der Waals surface area (Å²) in [6.45, 7) is 7.22. The number of aliphatic carboxylic acids is 1. The molecule has 4 heteroatoms. The SMILES string of the molecule is C=CCC(CNCCCCCCCCCCCC)C(=O)[O-].[Na+]. The van der Waals surface area contributed by atoms with Crippen molar-refractivity contribution in [1.82, 2.24) is 5.32 Å². The second kappa shape index (κ2) is 19.2. The van der Waals surface area contributed by atoms with Gasteiger partial charge in [0.15, 0.2) is 0 Å². The van der Waals surface area contributed by atoms with Crippen molar-refractivity contribution >= 4 is 5.97 Å². The quantitative estimate of drug-likeness (QED) is 0.255. The smallest absolute Gasteiger partial charge is 0.550 e. The number of carbonyl (C=O) groups excluding carboxylic acids is 1. The molecule has 1 atom stereocenters. The van der Waals surface area contributed by atoms with Crippen LogP contribution in [0.25, 0.3) is 0 Å². The first-order valence-electron chi connectivity index (χ1n) is 8.74. The number of allylic oxidation sites excluding steroid dienone is 1. The molecule has 0 fully saturated rings. The summed E-state index contributed by atoms with van der Waals surface area (Å²) in [6, 6.07) is 0. The molecule has 0 aromatic heterocycles. The van der Waals surface area contributed by atoms with Crippen LogP contribution in [0.15, 0.2) is 12.7 Å². The summed E-state index contributed by atoms with van der Waals surface area (Å²) in [7, 11) is 0. The molecule has 0 spiro atoms. The van der Waals surface area contributed by atoms with E-state index in [1.165, 1.54) is 57.8 Å². The second-order valence-corrected chi connectivity index (χ2v) is 5.93. The fourth-order valence-electron chi connectivity index (χ4n) is 2.48. The molecule has 0 aliphatic rings. The normalized spacial score (nSPS) is 11.7. The average Bonchev–Trinajstić information content (AvgIpc) is 2.47. The second-order valence-electron chi connectivity index (χ2n) is 5.93. The van der Waals surface area contributed by atoms with E-state index in [-0.39, 0.29) is 29.6 Å². The van der Waals surface area contributed by atoms with Gasteiger partial charge in [-0.1, -0.05) is 70.8 Å². The molecule has 0 aromatic rings. The Morgan fingerprint density at radius 1 is 1.05 bits per heavy atom. The molecule has 0 aliphatic carbocycles. The number of hydrogen-bond donors (Lipinski definition) is 1. The summed E-state index contributed by atoms with van der Waals surface area (Å²) in [5, 5.41) is 14.0. The van der Waals surface area contributed by atoms with Crippen LogP contribution in [0.3, 0.4) is 0 Å². The third-order valence-corrected chi connectivity index (χ3v) is 3.88. The summed E-state index contributed by atoms with van der Waals surface area (Å²) >= 11 is 0. The number of rotatable bonds is 16. The molecule has 22 heavy (non-hydrogen) atoms. The first-order chi connectivity index (χ1) is 10.2. The van der Waals surface area contributed by atoms with Gasteiger partial charge in [0.1, 0.15) is 0 Å². The van der Waals surface area contributed by atoms with E-state index in [9.17, 15) is 9.90 Å². The number of carbonyl (C=O) groups is 1. The molecule has 0 bridgehead atoms. The van der Waals surface area contributed by atoms with Crippen LogP contribution in [0.2, 0.25) is 0 Å². The molecule has 0 saturated heterocycles. The topological polar surface area (TPSA) is 52.2 Å². The largest absolute Gasteiger partial charge is 1.00 e. The summed E-state index contributed by atoms with van der Waals surface area (Å²) < 4.78 is 0. The Labute approximate surface area is 159 Å². The van der Waals surface area contributed by atoms with E-state index in [1.807, 2.05) is 0 Å². The molecule has 0 aromatic carbocycles. The van der Waals surface area contributed by atoms with Crippen molar-refractivity contribution in [3.63, 3.8) is 0 Å². The van der Waals surface area contributed by atoms with E-state index in [4.69, 9.17) is 0 Å². The van der Waals surface area contributed by atoms with Gasteiger partial charge in [-0.25, -0.2) is 0 Å². The van der Waals surface area contributed by atoms with Gasteiger partial charge in [-0.05, 0) is 19.4 Å². The zero-order chi connectivity index (χ0) is 15.8. The van der Waals surface area contributed by atoms with Gasteiger partial charge in [-0.3, -0.25) is 0 Å². The summed E-state index contributed by atoms with van der Waals surface area (Å²) in [4.78, 5) is 10.8. The average molecular weight is 319 g/mol. The molecule has 0 saturated carbocycles. The van der Waals surface area contributed by atoms with Gasteiger partial charge in [0, 0.05) is 18.4 Å². The van der Waals surface area contributed by atoms with Crippen molar-refractivity contribution in [1.29, 1.82) is 0 Å². The van der Waals surface area contributed by atoms with Crippen molar-refractivity contribution in [2.75, 3.05) is 13.1 Å². The Balaban J connectivity index is 0. The Bertz CT molecular complexity index is 259. The number of carboxylic acids is 1. The maximum Gasteiger partial charge on any atom is 1.00 e. The predicted molar refractivity (Wildman–Crippen MR) is 88.0 cm³/mol. The Kier molecular flexibility index (Phi) is 21.3. The third kappa shape index (κ3) is 16.5. The fraction of sp³-hybridized carbons (Fsp3) is 0.833. The number of nitrogens with one attached hydrogen (secondary N) is 1. The Hall–Kier alpha value is 0.170. The first kappa shape index (κ1) is 24.4. The Morgan fingerprint density at radius 2 is 1.55 bits per heavy atom. The monoisotopic (exact) mass is 319 g/mol. The third-order valence-electron chi connectivity index (χ3n) is 3.88. The van der Waals surface area contributed by atoms with Crippen LogP contribution in [0.4, 0.5) is 0 Å². The summed E-state index contributed by atoms with van der Waals surface area (Å²) in [5.41, 5.74) is 0. The molecule has 0 heterocycles. The zero-order valence-corrected chi connectivity index (χ0v) is 16.9. The zero-order valence-electron chi connectivity index (χ0n) is 14.9. The predicted octanol–water partition coefficient (Wildman–Crippen LogP) is 0.443. The first-order valence-corrected chi connectivity index (χ1v) is 8.74. The van der Waals surface area contributed by atoms with Gasteiger partial charge < -0.3 is 15.2 Å². The van der Waals surface area contributed by atoms with Gasteiger partial charge in [-0.2, -0.15) is 0 Å². The Morgan fingerprint density at radius 3 is 2.00 bits per heavy atom. The van der Waals surface area contributed by atoms with Crippen LogP contribution in [0.5, 0.6) is 0 Å². The van der Waals surface area contributed by atoms with Crippen LogP contribution >= 0.6 is 0 Å². The van der Waals surface area contributed by atoms with Crippen LogP contribution < -0.4 is 40.0 Å². The van der Waals surface area contributed by atoms with Crippen LogP contribution in [-0.4, -0.2) is 19.1 Å². The molecule has 1 unspecified atom stereocenters. The van der Waals surface area contributed by atoms with Crippen molar-refractivity contribution in [2.24, 2.45) is 5.92 Å². The molecule has 0 rings (SSSR count). The minimum atomic E-state index is -0.981. The van der Waals surface area contributed by atoms with E-state index < -0.39 is 11.9 Å². The minimum absolute atomic E-state index is 0. The van der Waals surface area contributed by atoms with E-state index >= 15 is 0 Å². The summed E-state index contributed by atoms with van der Waals surface area (Å²) in [6.07, 6.45) is 15.3. The maximum atomic E-state index is 10.8. The maximum absolute atomic E-state index is 10.8. The van der Waals surface area contributed by atoms with Crippen molar-refractivity contribution in [2.45, 2.75) is 77.6 Å². The number of carboxylic acid groups (broad SMARTS) is 1. The van der Waals surface area contributed by atoms with Crippen LogP contribution in [-0.2, 0) is 4.79 Å². The molecular formula is C18H34NNaO2. The van der Waals surface area contributed by atoms with Gasteiger partial charge >= 0.3 is 29.6 Å². The standard InChI is InChI=1S/C18H35NO2.Na/c1-3-5-6-7-8-9-10-11-12-13-15-19-16-17(14-4-2)18(20)21;/h4,17,19H,2-3,5-16H2,1H3,(H,20,21);/q;+1/p-1.